The van der Waals surface area contributed by atoms with Crippen LogP contribution >= 0.6 is 0 Å². The summed E-state index contributed by atoms with van der Waals surface area (Å²) in [6, 6.07) is 8.32. The molecule has 2 aromatic carbocycles. The van der Waals surface area contributed by atoms with E-state index in [-0.39, 0.29) is 0 Å². The molecule has 5 heteroatoms. The summed E-state index contributed by atoms with van der Waals surface area (Å²) in [5.41, 5.74) is 4.73. The summed E-state index contributed by atoms with van der Waals surface area (Å²) in [4.78, 5) is 0. The molecule has 0 saturated heterocycles. The van der Waals surface area contributed by atoms with Crippen molar-refractivity contribution in [1.29, 1.82) is 0 Å². The topological polar surface area (TPSA) is 47.3 Å². The van der Waals surface area contributed by atoms with Gasteiger partial charge in [0.15, 0.2) is 0 Å². The van der Waals surface area contributed by atoms with Gasteiger partial charge >= 0.3 is 0 Å². The van der Waals surface area contributed by atoms with Crippen LogP contribution in [0.4, 0.5) is 8.78 Å². The maximum atomic E-state index is 13.3. The second-order valence-corrected chi connectivity index (χ2v) is 4.53. The molecule has 2 aromatic rings. The third-order valence-electron chi connectivity index (χ3n) is 3.14. The predicted octanol–water partition coefficient (Wildman–Crippen LogP) is 2.83. The average molecular weight is 278 g/mol. The number of ether oxygens (including phenoxy) is 1. The highest BCUT2D eigenvalue weighted by molar-refractivity contribution is 5.40. The normalized spacial score (nSPS) is 12.2. The summed E-state index contributed by atoms with van der Waals surface area (Å²) >= 11 is 0. The van der Waals surface area contributed by atoms with Gasteiger partial charge < -0.3 is 4.74 Å². The van der Waals surface area contributed by atoms with E-state index in [1.54, 1.807) is 19.2 Å². The van der Waals surface area contributed by atoms with E-state index < -0.39 is 17.7 Å². The van der Waals surface area contributed by atoms with E-state index in [9.17, 15) is 8.78 Å². The van der Waals surface area contributed by atoms with Crippen molar-refractivity contribution in [3.8, 4) is 5.75 Å². The molecular formula is C15H16F2N2O. The van der Waals surface area contributed by atoms with Gasteiger partial charge in [0.1, 0.15) is 17.4 Å². The van der Waals surface area contributed by atoms with E-state index >= 15 is 0 Å². The third kappa shape index (κ3) is 2.95. The zero-order valence-electron chi connectivity index (χ0n) is 11.3. The molecule has 0 saturated carbocycles. The van der Waals surface area contributed by atoms with Crippen molar-refractivity contribution >= 4 is 0 Å². The lowest BCUT2D eigenvalue weighted by molar-refractivity contribution is 0.411. The van der Waals surface area contributed by atoms with Crippen LogP contribution in [0.5, 0.6) is 5.75 Å². The number of hydrazine groups is 1. The smallest absolute Gasteiger partial charge is 0.126 e. The molecule has 0 amide bonds. The predicted molar refractivity (Wildman–Crippen MR) is 73.3 cm³/mol. The van der Waals surface area contributed by atoms with Crippen LogP contribution in [0.15, 0.2) is 36.4 Å². The minimum absolute atomic E-state index is 0.426. The maximum Gasteiger partial charge on any atom is 0.126 e. The number of halogens is 2. The molecule has 0 heterocycles. The van der Waals surface area contributed by atoms with Crippen LogP contribution in [0.3, 0.4) is 0 Å². The summed E-state index contributed by atoms with van der Waals surface area (Å²) in [6.45, 7) is 1.89. The molecule has 3 nitrogen and oxygen atoms in total. The van der Waals surface area contributed by atoms with E-state index in [4.69, 9.17) is 10.6 Å². The molecule has 0 spiro atoms. The van der Waals surface area contributed by atoms with Crippen molar-refractivity contribution in [1.82, 2.24) is 5.43 Å². The molecule has 0 aliphatic heterocycles. The van der Waals surface area contributed by atoms with Crippen LogP contribution in [0.1, 0.15) is 22.7 Å². The van der Waals surface area contributed by atoms with Crippen LogP contribution in [-0.4, -0.2) is 7.11 Å². The maximum absolute atomic E-state index is 13.3. The quantitative estimate of drug-likeness (QED) is 0.668. The summed E-state index contributed by atoms with van der Waals surface area (Å²) in [5.74, 6) is 5.01. The number of rotatable bonds is 4. The number of nitrogens with two attached hydrogens (primary N) is 1. The Hall–Kier alpha value is -1.98. The largest absolute Gasteiger partial charge is 0.496 e. The fraction of sp³-hybridized carbons (Fsp3) is 0.200. The Morgan fingerprint density at radius 1 is 1.05 bits per heavy atom. The second kappa shape index (κ2) is 5.98. The first-order valence-electron chi connectivity index (χ1n) is 6.12. The van der Waals surface area contributed by atoms with Gasteiger partial charge in [0.2, 0.25) is 0 Å². The van der Waals surface area contributed by atoms with Gasteiger partial charge in [-0.1, -0.05) is 12.1 Å². The minimum Gasteiger partial charge on any atom is -0.496 e. The summed E-state index contributed by atoms with van der Waals surface area (Å²) in [6.07, 6.45) is 0. The Balaban J connectivity index is 2.44. The Bertz CT molecular complexity index is 597. The van der Waals surface area contributed by atoms with Crippen molar-refractivity contribution in [3.05, 3.63) is 64.7 Å². The molecule has 1 unspecified atom stereocenters. The minimum atomic E-state index is -0.634. The summed E-state index contributed by atoms with van der Waals surface area (Å²) < 4.78 is 31.8. The standard InChI is InChI=1S/C15H16F2N2O/c1-9-5-10(3-4-14(9)20-2)15(19-18)11-6-12(16)8-13(17)7-11/h3-8,15,19H,18H2,1-2H3. The van der Waals surface area contributed by atoms with Crippen LogP contribution in [0.2, 0.25) is 0 Å². The van der Waals surface area contributed by atoms with Gasteiger partial charge in [-0.15, -0.1) is 0 Å². The highest BCUT2D eigenvalue weighted by Crippen LogP contribution is 2.27. The third-order valence-corrected chi connectivity index (χ3v) is 3.14. The molecule has 106 valence electrons. The van der Waals surface area contributed by atoms with Gasteiger partial charge in [-0.2, -0.15) is 0 Å². The SMILES string of the molecule is COc1ccc(C(NN)c2cc(F)cc(F)c2)cc1C. The number of nitrogens with one attached hydrogen (secondary N) is 1. The van der Waals surface area contributed by atoms with E-state index in [0.29, 0.717) is 5.56 Å². The van der Waals surface area contributed by atoms with E-state index in [1.165, 1.54) is 12.1 Å². The molecule has 20 heavy (non-hydrogen) atoms. The summed E-state index contributed by atoms with van der Waals surface area (Å²) in [5, 5.41) is 0. The molecule has 0 aliphatic carbocycles. The van der Waals surface area contributed by atoms with E-state index in [1.807, 2.05) is 13.0 Å². The molecule has 0 aliphatic rings. The van der Waals surface area contributed by atoms with Gasteiger partial charge in [-0.25, -0.2) is 14.2 Å². The molecule has 2 rings (SSSR count). The Labute approximate surface area is 116 Å². The molecule has 3 N–H and O–H groups in total. The molecular weight excluding hydrogens is 262 g/mol. The first-order valence-corrected chi connectivity index (χ1v) is 6.12. The number of hydrogen-bond acceptors (Lipinski definition) is 3. The van der Waals surface area contributed by atoms with Crippen molar-refractivity contribution < 1.29 is 13.5 Å². The highest BCUT2D eigenvalue weighted by atomic mass is 19.1. The number of methoxy groups -OCH3 is 1. The fourth-order valence-corrected chi connectivity index (χ4v) is 2.21. The van der Waals surface area contributed by atoms with Crippen LogP contribution in [-0.2, 0) is 0 Å². The number of aryl methyl sites for hydroxylation is 1. The highest BCUT2D eigenvalue weighted by Gasteiger charge is 2.15. The van der Waals surface area contributed by atoms with Crippen LogP contribution < -0.4 is 16.0 Å². The van der Waals surface area contributed by atoms with Crippen molar-refractivity contribution in [2.75, 3.05) is 7.11 Å². The Morgan fingerprint density at radius 2 is 1.70 bits per heavy atom. The van der Waals surface area contributed by atoms with Crippen molar-refractivity contribution in [2.24, 2.45) is 5.84 Å². The van der Waals surface area contributed by atoms with Gasteiger partial charge in [0, 0.05) is 6.07 Å². The first kappa shape index (κ1) is 14.4. The zero-order chi connectivity index (χ0) is 14.7. The van der Waals surface area contributed by atoms with E-state index in [0.717, 1.165) is 22.9 Å². The number of benzene rings is 2. The molecule has 1 atom stereocenters. The lowest BCUT2D eigenvalue weighted by Gasteiger charge is -2.18. The molecule has 0 fully saturated rings. The molecule has 0 bridgehead atoms. The lowest BCUT2D eigenvalue weighted by Crippen LogP contribution is -2.29. The van der Waals surface area contributed by atoms with Gasteiger partial charge in [-0.05, 0) is 41.8 Å². The van der Waals surface area contributed by atoms with Crippen molar-refractivity contribution in [3.63, 3.8) is 0 Å². The van der Waals surface area contributed by atoms with Crippen LogP contribution in [0, 0.1) is 18.6 Å². The van der Waals surface area contributed by atoms with Crippen molar-refractivity contribution in [2.45, 2.75) is 13.0 Å². The zero-order valence-corrected chi connectivity index (χ0v) is 11.3. The van der Waals surface area contributed by atoms with Gasteiger partial charge in [0.25, 0.3) is 0 Å². The Morgan fingerprint density at radius 3 is 2.20 bits per heavy atom. The van der Waals surface area contributed by atoms with Gasteiger partial charge in [0.05, 0.1) is 13.2 Å². The fourth-order valence-electron chi connectivity index (χ4n) is 2.21. The monoisotopic (exact) mass is 278 g/mol. The summed E-state index contributed by atoms with van der Waals surface area (Å²) in [7, 11) is 1.59. The lowest BCUT2D eigenvalue weighted by atomic mass is 9.97. The Kier molecular flexibility index (Phi) is 4.32. The van der Waals surface area contributed by atoms with Crippen LogP contribution in [0.25, 0.3) is 0 Å². The first-order chi connectivity index (χ1) is 9.55. The molecule has 0 radical (unpaired) electrons. The molecule has 0 aromatic heterocycles. The number of hydrogen-bond donors (Lipinski definition) is 2. The van der Waals surface area contributed by atoms with Gasteiger partial charge in [-0.3, -0.25) is 5.84 Å². The average Bonchev–Trinajstić information content (AvgIpc) is 2.38. The second-order valence-electron chi connectivity index (χ2n) is 4.53. The van der Waals surface area contributed by atoms with E-state index in [2.05, 4.69) is 5.43 Å².